The highest BCUT2D eigenvalue weighted by Gasteiger charge is 2.09. The van der Waals surface area contributed by atoms with Gasteiger partial charge in [-0.05, 0) is 40.8 Å². The van der Waals surface area contributed by atoms with Crippen molar-refractivity contribution >= 4 is 12.0 Å². The average molecular weight is 296 g/mol. The number of hydrogen-bond acceptors (Lipinski definition) is 2. The molecule has 0 spiro atoms. The highest BCUT2D eigenvalue weighted by atomic mass is 16.5. The third-order valence-electron chi connectivity index (χ3n) is 3.31. The molecule has 0 bridgehead atoms. The molecule has 0 heterocycles. The molecule has 3 heteroatoms. The zero-order valence-corrected chi connectivity index (χ0v) is 12.8. The maximum Gasteiger partial charge on any atom is 0.328 e. The lowest BCUT2D eigenvalue weighted by molar-refractivity contribution is -0.131. The molecule has 1 N–H and O–H groups in total. The lowest BCUT2D eigenvalue weighted by Gasteiger charge is -2.15. The van der Waals surface area contributed by atoms with Gasteiger partial charge in [0.15, 0.2) is 0 Å². The molecular weight excluding hydrogens is 276 g/mol. The molecule has 3 nitrogen and oxygen atoms in total. The summed E-state index contributed by atoms with van der Waals surface area (Å²) in [5.74, 6) is 0.186. The highest BCUT2D eigenvalue weighted by Crippen LogP contribution is 2.28. The molecule has 0 saturated carbocycles. The van der Waals surface area contributed by atoms with Crippen molar-refractivity contribution in [3.63, 3.8) is 0 Å². The second kappa shape index (κ2) is 7.46. The maximum absolute atomic E-state index is 10.6. The van der Waals surface area contributed by atoms with Crippen molar-refractivity contribution in [2.75, 3.05) is 0 Å². The second-order valence-corrected chi connectivity index (χ2v) is 5.40. The number of ether oxygens (including phenoxy) is 1. The van der Waals surface area contributed by atoms with Crippen LogP contribution in [0.1, 0.15) is 36.5 Å². The fourth-order valence-electron chi connectivity index (χ4n) is 2.16. The number of hydrogen-bond donors (Lipinski definition) is 1. The van der Waals surface area contributed by atoms with Crippen LogP contribution >= 0.6 is 0 Å². The fourth-order valence-corrected chi connectivity index (χ4v) is 2.16. The summed E-state index contributed by atoms with van der Waals surface area (Å²) < 4.78 is 5.92. The van der Waals surface area contributed by atoms with Crippen LogP contribution in [0.25, 0.3) is 6.08 Å². The van der Waals surface area contributed by atoms with E-state index < -0.39 is 5.97 Å². The number of benzene rings is 2. The van der Waals surface area contributed by atoms with E-state index in [0.717, 1.165) is 28.5 Å². The lowest BCUT2D eigenvalue weighted by Crippen LogP contribution is -2.00. The van der Waals surface area contributed by atoms with Crippen LogP contribution < -0.4 is 4.74 Å². The number of carboxylic acid groups (broad SMARTS) is 1. The van der Waals surface area contributed by atoms with Crippen LogP contribution in [0.2, 0.25) is 0 Å². The van der Waals surface area contributed by atoms with E-state index in [0.29, 0.717) is 12.5 Å². The van der Waals surface area contributed by atoms with Crippen LogP contribution in [0.15, 0.2) is 54.6 Å². The summed E-state index contributed by atoms with van der Waals surface area (Å²) in [5, 5.41) is 8.71. The zero-order valence-electron chi connectivity index (χ0n) is 12.8. The molecule has 2 rings (SSSR count). The minimum atomic E-state index is -0.949. The molecule has 22 heavy (non-hydrogen) atoms. The molecular formula is C19H20O3. The van der Waals surface area contributed by atoms with E-state index in [2.05, 4.69) is 13.8 Å². The second-order valence-electron chi connectivity index (χ2n) is 5.40. The first-order chi connectivity index (χ1) is 10.6. The van der Waals surface area contributed by atoms with Crippen LogP contribution in [-0.4, -0.2) is 11.1 Å². The van der Waals surface area contributed by atoms with Gasteiger partial charge in [0.1, 0.15) is 12.4 Å². The van der Waals surface area contributed by atoms with Gasteiger partial charge in [0.05, 0.1) is 0 Å². The van der Waals surface area contributed by atoms with Crippen molar-refractivity contribution in [3.8, 4) is 5.75 Å². The van der Waals surface area contributed by atoms with E-state index in [9.17, 15) is 4.79 Å². The van der Waals surface area contributed by atoms with Gasteiger partial charge < -0.3 is 9.84 Å². The molecule has 0 aliphatic heterocycles. The summed E-state index contributed by atoms with van der Waals surface area (Å²) in [7, 11) is 0. The van der Waals surface area contributed by atoms with Crippen molar-refractivity contribution < 1.29 is 14.6 Å². The van der Waals surface area contributed by atoms with E-state index in [1.54, 1.807) is 6.08 Å². The largest absolute Gasteiger partial charge is 0.489 e. The molecule has 0 aromatic heterocycles. The van der Waals surface area contributed by atoms with Crippen molar-refractivity contribution in [3.05, 3.63) is 71.3 Å². The summed E-state index contributed by atoms with van der Waals surface area (Å²) in [6.45, 7) is 4.70. The van der Waals surface area contributed by atoms with Gasteiger partial charge in [0.2, 0.25) is 0 Å². The van der Waals surface area contributed by atoms with Gasteiger partial charge in [-0.2, -0.15) is 0 Å². The number of carbonyl (C=O) groups is 1. The molecule has 2 aromatic rings. The van der Waals surface area contributed by atoms with E-state index in [1.807, 2.05) is 48.5 Å². The Morgan fingerprint density at radius 1 is 1.18 bits per heavy atom. The van der Waals surface area contributed by atoms with Gasteiger partial charge in [-0.1, -0.05) is 50.2 Å². The Hall–Kier alpha value is -2.55. The van der Waals surface area contributed by atoms with Gasteiger partial charge >= 0.3 is 5.97 Å². The summed E-state index contributed by atoms with van der Waals surface area (Å²) >= 11 is 0. The number of rotatable bonds is 6. The van der Waals surface area contributed by atoms with E-state index in [-0.39, 0.29) is 0 Å². The molecule has 0 unspecified atom stereocenters. The minimum Gasteiger partial charge on any atom is -0.489 e. The SMILES string of the molecule is CC(C)c1cc(C=CC(=O)O)ccc1OCc1ccccc1. The fraction of sp³-hybridized carbons (Fsp3) is 0.211. The van der Waals surface area contributed by atoms with Crippen LogP contribution in [-0.2, 0) is 11.4 Å². The Balaban J connectivity index is 2.18. The molecule has 114 valence electrons. The third kappa shape index (κ3) is 4.48. The van der Waals surface area contributed by atoms with Gasteiger partial charge in [-0.3, -0.25) is 0 Å². The molecule has 0 radical (unpaired) electrons. The normalized spacial score (nSPS) is 11.0. The molecule has 0 aliphatic carbocycles. The quantitative estimate of drug-likeness (QED) is 0.799. The molecule has 0 fully saturated rings. The summed E-state index contributed by atoms with van der Waals surface area (Å²) in [4.78, 5) is 10.6. The minimum absolute atomic E-state index is 0.295. The average Bonchev–Trinajstić information content (AvgIpc) is 2.52. The molecule has 0 amide bonds. The Labute approximate surface area is 130 Å². The Morgan fingerprint density at radius 2 is 1.91 bits per heavy atom. The zero-order chi connectivity index (χ0) is 15.9. The highest BCUT2D eigenvalue weighted by molar-refractivity contribution is 5.85. The predicted molar refractivity (Wildman–Crippen MR) is 88.0 cm³/mol. The first kappa shape index (κ1) is 15.8. The van der Waals surface area contributed by atoms with Crippen LogP contribution in [0.3, 0.4) is 0 Å². The van der Waals surface area contributed by atoms with Crippen molar-refractivity contribution in [1.29, 1.82) is 0 Å². The predicted octanol–water partition coefficient (Wildman–Crippen LogP) is 4.49. The monoisotopic (exact) mass is 296 g/mol. The first-order valence-electron chi connectivity index (χ1n) is 7.28. The molecule has 0 aliphatic rings. The van der Waals surface area contributed by atoms with Crippen molar-refractivity contribution in [1.82, 2.24) is 0 Å². The smallest absolute Gasteiger partial charge is 0.328 e. The summed E-state index contributed by atoms with van der Waals surface area (Å²) in [6.07, 6.45) is 2.74. The summed E-state index contributed by atoms with van der Waals surface area (Å²) in [6, 6.07) is 15.8. The van der Waals surface area contributed by atoms with E-state index in [4.69, 9.17) is 9.84 Å². The standard InChI is InChI=1S/C19H20O3/c1-14(2)17-12-15(9-11-19(20)21)8-10-18(17)22-13-16-6-4-3-5-7-16/h3-12,14H,13H2,1-2H3,(H,20,21). The maximum atomic E-state index is 10.6. The Morgan fingerprint density at radius 3 is 2.55 bits per heavy atom. The number of carboxylic acids is 1. The molecule has 2 aromatic carbocycles. The van der Waals surface area contributed by atoms with Crippen molar-refractivity contribution in [2.45, 2.75) is 26.4 Å². The third-order valence-corrected chi connectivity index (χ3v) is 3.31. The Bertz CT molecular complexity index is 658. The topological polar surface area (TPSA) is 46.5 Å². The van der Waals surface area contributed by atoms with Crippen LogP contribution in [0.5, 0.6) is 5.75 Å². The molecule has 0 atom stereocenters. The van der Waals surface area contributed by atoms with E-state index in [1.165, 1.54) is 0 Å². The summed E-state index contributed by atoms with van der Waals surface area (Å²) in [5.41, 5.74) is 3.05. The molecule has 0 saturated heterocycles. The van der Waals surface area contributed by atoms with Crippen LogP contribution in [0, 0.1) is 0 Å². The van der Waals surface area contributed by atoms with Gasteiger partial charge in [0.25, 0.3) is 0 Å². The van der Waals surface area contributed by atoms with E-state index >= 15 is 0 Å². The first-order valence-corrected chi connectivity index (χ1v) is 7.28. The van der Waals surface area contributed by atoms with Gasteiger partial charge in [0, 0.05) is 6.08 Å². The van der Waals surface area contributed by atoms with Gasteiger partial charge in [-0.15, -0.1) is 0 Å². The van der Waals surface area contributed by atoms with Crippen molar-refractivity contribution in [2.24, 2.45) is 0 Å². The van der Waals surface area contributed by atoms with Gasteiger partial charge in [-0.25, -0.2) is 4.79 Å². The van der Waals surface area contributed by atoms with Crippen LogP contribution in [0.4, 0.5) is 0 Å². The Kier molecular flexibility index (Phi) is 5.37. The lowest BCUT2D eigenvalue weighted by atomic mass is 9.99. The number of aliphatic carboxylic acids is 1.